The fourth-order valence-corrected chi connectivity index (χ4v) is 2.44. The summed E-state index contributed by atoms with van der Waals surface area (Å²) in [6.45, 7) is 0.700. The molecule has 19 heavy (non-hydrogen) atoms. The van der Waals surface area contributed by atoms with Crippen LogP contribution in [0.25, 0.3) is 0 Å². The van der Waals surface area contributed by atoms with Gasteiger partial charge in [-0.1, -0.05) is 28.1 Å². The Morgan fingerprint density at radius 1 is 1.32 bits per heavy atom. The molecule has 1 aliphatic rings. The number of carbonyl (C=O) groups excluding carboxylic acids is 2. The van der Waals surface area contributed by atoms with Crippen LogP contribution in [-0.4, -0.2) is 24.4 Å². The van der Waals surface area contributed by atoms with Crippen molar-refractivity contribution in [2.75, 3.05) is 6.54 Å². The molecule has 0 radical (unpaired) electrons. The summed E-state index contributed by atoms with van der Waals surface area (Å²) in [6, 6.07) is 6.94. The highest BCUT2D eigenvalue weighted by molar-refractivity contribution is 9.08. The first-order valence-corrected chi connectivity index (χ1v) is 7.56. The lowest BCUT2D eigenvalue weighted by atomic mass is 10.1. The second-order valence-corrected chi connectivity index (χ2v) is 5.20. The fraction of sp³-hybridized carbons (Fsp3) is 0.429. The van der Waals surface area contributed by atoms with Gasteiger partial charge in [0.25, 0.3) is 5.91 Å². The number of carbonyl (C=O) groups is 2. The Morgan fingerprint density at radius 2 is 2.05 bits per heavy atom. The van der Waals surface area contributed by atoms with Gasteiger partial charge < -0.3 is 10.6 Å². The van der Waals surface area contributed by atoms with Gasteiger partial charge in [-0.25, -0.2) is 0 Å². The van der Waals surface area contributed by atoms with Gasteiger partial charge >= 0.3 is 0 Å². The Labute approximate surface area is 121 Å². The molecular weight excluding hydrogens is 308 g/mol. The highest BCUT2D eigenvalue weighted by Gasteiger charge is 2.22. The minimum atomic E-state index is -0.411. The fourth-order valence-electron chi connectivity index (χ4n) is 2.06. The van der Waals surface area contributed by atoms with Crippen molar-refractivity contribution in [1.82, 2.24) is 10.6 Å². The van der Waals surface area contributed by atoms with Gasteiger partial charge in [0.1, 0.15) is 6.04 Å². The minimum absolute atomic E-state index is 0.0806. The molecule has 1 atom stereocenters. The van der Waals surface area contributed by atoms with E-state index < -0.39 is 6.04 Å². The Hall–Kier alpha value is -1.36. The molecule has 1 unspecified atom stereocenters. The zero-order valence-electron chi connectivity index (χ0n) is 10.6. The molecule has 5 heteroatoms. The van der Waals surface area contributed by atoms with E-state index in [2.05, 4.69) is 26.6 Å². The van der Waals surface area contributed by atoms with Crippen LogP contribution in [0, 0.1) is 0 Å². The Balaban J connectivity index is 2.00. The quantitative estimate of drug-likeness (QED) is 0.835. The van der Waals surface area contributed by atoms with Crippen LogP contribution in [0.15, 0.2) is 24.3 Å². The number of rotatable bonds is 3. The lowest BCUT2D eigenvalue weighted by Gasteiger charge is -2.15. The van der Waals surface area contributed by atoms with E-state index >= 15 is 0 Å². The first-order valence-electron chi connectivity index (χ1n) is 6.44. The van der Waals surface area contributed by atoms with Crippen molar-refractivity contribution >= 4 is 27.7 Å². The Bertz CT molecular complexity index is 459. The molecule has 0 bridgehead atoms. The molecule has 2 amide bonds. The summed E-state index contributed by atoms with van der Waals surface area (Å²) in [4.78, 5) is 23.8. The number of alkyl halides is 1. The van der Waals surface area contributed by atoms with E-state index in [1.54, 1.807) is 12.1 Å². The van der Waals surface area contributed by atoms with Gasteiger partial charge in [-0.2, -0.15) is 0 Å². The predicted octanol–water partition coefficient (Wildman–Crippen LogP) is 1.98. The maximum absolute atomic E-state index is 12.1. The lowest BCUT2D eigenvalue weighted by Crippen LogP contribution is -2.45. The zero-order valence-corrected chi connectivity index (χ0v) is 12.2. The summed E-state index contributed by atoms with van der Waals surface area (Å²) in [5.74, 6) is -0.272. The maximum Gasteiger partial charge on any atom is 0.251 e. The van der Waals surface area contributed by atoms with Crippen molar-refractivity contribution in [2.45, 2.75) is 30.6 Å². The van der Waals surface area contributed by atoms with Gasteiger partial charge in [0.05, 0.1) is 0 Å². The Kier molecular flexibility index (Phi) is 4.96. The molecule has 1 heterocycles. The van der Waals surface area contributed by atoms with E-state index in [9.17, 15) is 9.59 Å². The summed E-state index contributed by atoms with van der Waals surface area (Å²) in [5.41, 5.74) is 1.70. The average molecular weight is 325 g/mol. The van der Waals surface area contributed by atoms with Crippen molar-refractivity contribution < 1.29 is 9.59 Å². The second kappa shape index (κ2) is 6.70. The normalized spacial score (nSPS) is 19.4. The molecule has 2 rings (SSSR count). The molecule has 4 nitrogen and oxygen atoms in total. The molecule has 1 aliphatic heterocycles. The molecule has 1 aromatic rings. The highest BCUT2D eigenvalue weighted by Crippen LogP contribution is 2.10. The van der Waals surface area contributed by atoms with Gasteiger partial charge in [-0.15, -0.1) is 0 Å². The van der Waals surface area contributed by atoms with Crippen LogP contribution in [0.4, 0.5) is 0 Å². The van der Waals surface area contributed by atoms with Gasteiger partial charge in [-0.3, -0.25) is 9.59 Å². The molecule has 0 spiro atoms. The standard InChI is InChI=1S/C14H17BrN2O2/c15-9-10-4-6-11(7-5-10)13(18)17-12-3-1-2-8-16-14(12)19/h4-7,12H,1-3,8-9H2,(H,16,19)(H,17,18). The van der Waals surface area contributed by atoms with Gasteiger partial charge in [0, 0.05) is 17.4 Å². The number of amides is 2. The van der Waals surface area contributed by atoms with Crippen LogP contribution < -0.4 is 10.6 Å². The van der Waals surface area contributed by atoms with Crippen LogP contribution >= 0.6 is 15.9 Å². The molecule has 0 aromatic heterocycles. The van der Waals surface area contributed by atoms with E-state index in [4.69, 9.17) is 0 Å². The third-order valence-electron chi connectivity index (χ3n) is 3.21. The molecule has 1 saturated heterocycles. The van der Waals surface area contributed by atoms with E-state index in [0.717, 1.165) is 23.7 Å². The number of nitrogens with one attached hydrogen (secondary N) is 2. The monoisotopic (exact) mass is 324 g/mol. The topological polar surface area (TPSA) is 58.2 Å². The molecule has 2 N–H and O–H groups in total. The summed E-state index contributed by atoms with van der Waals surface area (Å²) in [6.07, 6.45) is 2.63. The third-order valence-corrected chi connectivity index (χ3v) is 3.86. The van der Waals surface area contributed by atoms with Crippen LogP contribution in [0.3, 0.4) is 0 Å². The van der Waals surface area contributed by atoms with Crippen molar-refractivity contribution in [3.05, 3.63) is 35.4 Å². The largest absolute Gasteiger partial charge is 0.354 e. The average Bonchev–Trinajstić information content (AvgIpc) is 2.64. The summed E-state index contributed by atoms with van der Waals surface area (Å²) >= 11 is 3.36. The summed E-state index contributed by atoms with van der Waals surface area (Å²) in [5, 5.41) is 6.37. The number of benzene rings is 1. The molecule has 1 aromatic carbocycles. The number of hydrogen-bond donors (Lipinski definition) is 2. The molecule has 0 saturated carbocycles. The van der Waals surface area contributed by atoms with Gasteiger partial charge in [0.2, 0.25) is 5.91 Å². The van der Waals surface area contributed by atoms with E-state index in [-0.39, 0.29) is 11.8 Å². The van der Waals surface area contributed by atoms with Gasteiger partial charge in [0.15, 0.2) is 0 Å². The molecular formula is C14H17BrN2O2. The summed E-state index contributed by atoms with van der Waals surface area (Å²) in [7, 11) is 0. The van der Waals surface area contributed by atoms with Crippen LogP contribution in [-0.2, 0) is 10.1 Å². The minimum Gasteiger partial charge on any atom is -0.354 e. The number of halogens is 1. The van der Waals surface area contributed by atoms with Crippen molar-refractivity contribution in [1.29, 1.82) is 0 Å². The molecule has 102 valence electrons. The van der Waals surface area contributed by atoms with Crippen molar-refractivity contribution in [3.8, 4) is 0 Å². The zero-order chi connectivity index (χ0) is 13.7. The smallest absolute Gasteiger partial charge is 0.251 e. The van der Waals surface area contributed by atoms with E-state index in [1.165, 1.54) is 0 Å². The van der Waals surface area contributed by atoms with Crippen LogP contribution in [0.1, 0.15) is 35.2 Å². The van der Waals surface area contributed by atoms with E-state index in [1.807, 2.05) is 12.1 Å². The van der Waals surface area contributed by atoms with Crippen LogP contribution in [0.2, 0.25) is 0 Å². The Morgan fingerprint density at radius 3 is 2.74 bits per heavy atom. The number of hydrogen-bond acceptors (Lipinski definition) is 2. The first kappa shape index (κ1) is 14.1. The second-order valence-electron chi connectivity index (χ2n) is 4.64. The highest BCUT2D eigenvalue weighted by atomic mass is 79.9. The summed E-state index contributed by atoms with van der Waals surface area (Å²) < 4.78 is 0. The molecule has 0 aliphatic carbocycles. The first-order chi connectivity index (χ1) is 9.20. The van der Waals surface area contributed by atoms with Crippen LogP contribution in [0.5, 0.6) is 0 Å². The third kappa shape index (κ3) is 3.80. The van der Waals surface area contributed by atoms with Crippen molar-refractivity contribution in [2.24, 2.45) is 0 Å². The molecule has 1 fully saturated rings. The predicted molar refractivity (Wildman–Crippen MR) is 77.2 cm³/mol. The van der Waals surface area contributed by atoms with Gasteiger partial charge in [-0.05, 0) is 37.0 Å². The van der Waals surface area contributed by atoms with E-state index in [0.29, 0.717) is 18.5 Å². The SMILES string of the molecule is O=C(NC1CCCCNC1=O)c1ccc(CBr)cc1. The maximum atomic E-state index is 12.1. The lowest BCUT2D eigenvalue weighted by molar-refractivity contribution is -0.122. The van der Waals surface area contributed by atoms with Crippen molar-refractivity contribution in [3.63, 3.8) is 0 Å².